The zero-order chi connectivity index (χ0) is 19.6. The molecule has 0 fully saturated rings. The molecule has 7 heteroatoms. The minimum absolute atomic E-state index is 0.0331. The van der Waals surface area contributed by atoms with Crippen LogP contribution >= 0.6 is 0 Å². The minimum Gasteiger partial charge on any atom is -0.451 e. The summed E-state index contributed by atoms with van der Waals surface area (Å²) >= 11 is 0. The largest absolute Gasteiger partial charge is 0.451 e. The van der Waals surface area contributed by atoms with Crippen LogP contribution in [-0.2, 0) is 5.41 Å². The first kappa shape index (κ1) is 18.3. The lowest BCUT2D eigenvalue weighted by molar-refractivity contribution is -0.384. The van der Waals surface area contributed by atoms with Crippen LogP contribution in [0.3, 0.4) is 0 Å². The van der Waals surface area contributed by atoms with Crippen LogP contribution in [0.4, 0.5) is 5.69 Å². The number of hydrazone groups is 1. The van der Waals surface area contributed by atoms with Gasteiger partial charge in [-0.2, -0.15) is 5.10 Å². The molecule has 2 aromatic carbocycles. The predicted molar refractivity (Wildman–Crippen MR) is 103 cm³/mol. The maximum absolute atomic E-state index is 12.2. The van der Waals surface area contributed by atoms with Crippen molar-refractivity contribution in [3.8, 4) is 0 Å². The van der Waals surface area contributed by atoms with Crippen LogP contribution < -0.4 is 5.43 Å². The Kier molecular flexibility index (Phi) is 4.77. The molecule has 0 aliphatic carbocycles. The first-order valence-corrected chi connectivity index (χ1v) is 8.36. The molecule has 27 heavy (non-hydrogen) atoms. The van der Waals surface area contributed by atoms with Crippen LogP contribution in [0.1, 0.15) is 42.5 Å². The van der Waals surface area contributed by atoms with Gasteiger partial charge >= 0.3 is 5.91 Å². The second kappa shape index (κ2) is 7.03. The van der Waals surface area contributed by atoms with Crippen molar-refractivity contribution in [2.75, 3.05) is 0 Å². The molecule has 0 bridgehead atoms. The standard InChI is InChI=1S/C20H19N3O4/c1-20(2,3)15-6-4-13(5-7-15)12-21-22-19(24)18-11-14-10-16(23(25)26)8-9-17(14)27-18/h4-12H,1-3H3,(H,22,24)/b21-12-. The highest BCUT2D eigenvalue weighted by Crippen LogP contribution is 2.24. The molecule has 0 spiro atoms. The van der Waals surface area contributed by atoms with E-state index in [1.165, 1.54) is 36.0 Å². The summed E-state index contributed by atoms with van der Waals surface area (Å²) in [5.74, 6) is -0.498. The number of amides is 1. The van der Waals surface area contributed by atoms with Crippen LogP contribution in [0.15, 0.2) is 58.0 Å². The van der Waals surface area contributed by atoms with E-state index in [2.05, 4.69) is 31.3 Å². The van der Waals surface area contributed by atoms with Gasteiger partial charge in [-0.15, -0.1) is 0 Å². The van der Waals surface area contributed by atoms with Gasteiger partial charge in [0.05, 0.1) is 11.1 Å². The van der Waals surface area contributed by atoms with E-state index in [1.54, 1.807) is 0 Å². The summed E-state index contributed by atoms with van der Waals surface area (Å²) in [6, 6.07) is 13.5. The van der Waals surface area contributed by atoms with Crippen molar-refractivity contribution < 1.29 is 14.1 Å². The molecule has 0 aliphatic rings. The molecule has 1 aromatic heterocycles. The number of nitro benzene ring substituents is 1. The Morgan fingerprint density at radius 1 is 1.15 bits per heavy atom. The SMILES string of the molecule is CC(C)(C)c1ccc(/C=N\NC(=O)c2cc3cc([N+](=O)[O-])ccc3o2)cc1. The predicted octanol–water partition coefficient (Wildman–Crippen LogP) is 4.40. The van der Waals surface area contributed by atoms with E-state index >= 15 is 0 Å². The molecule has 0 atom stereocenters. The number of nitrogens with one attached hydrogen (secondary N) is 1. The van der Waals surface area contributed by atoms with Crippen LogP contribution in [0.2, 0.25) is 0 Å². The average molecular weight is 365 g/mol. The van der Waals surface area contributed by atoms with Crippen molar-refractivity contribution in [2.45, 2.75) is 26.2 Å². The van der Waals surface area contributed by atoms with E-state index in [4.69, 9.17) is 4.42 Å². The Bertz CT molecular complexity index is 1030. The normalized spacial score (nSPS) is 11.8. The summed E-state index contributed by atoms with van der Waals surface area (Å²) < 4.78 is 5.41. The number of carbonyl (C=O) groups is 1. The van der Waals surface area contributed by atoms with Crippen molar-refractivity contribution in [2.24, 2.45) is 5.10 Å². The van der Waals surface area contributed by atoms with Crippen molar-refractivity contribution in [1.82, 2.24) is 5.43 Å². The van der Waals surface area contributed by atoms with E-state index in [-0.39, 0.29) is 16.9 Å². The second-order valence-corrected chi connectivity index (χ2v) is 7.16. The van der Waals surface area contributed by atoms with Crippen LogP contribution in [0.25, 0.3) is 11.0 Å². The Morgan fingerprint density at radius 2 is 1.85 bits per heavy atom. The third kappa shape index (κ3) is 4.20. The van der Waals surface area contributed by atoms with Gasteiger partial charge in [-0.05, 0) is 28.7 Å². The van der Waals surface area contributed by atoms with Gasteiger partial charge in [0.15, 0.2) is 5.76 Å². The summed E-state index contributed by atoms with van der Waals surface area (Å²) in [5.41, 5.74) is 4.85. The van der Waals surface area contributed by atoms with Gasteiger partial charge in [0, 0.05) is 17.5 Å². The fourth-order valence-corrected chi connectivity index (χ4v) is 2.55. The molecular formula is C20H19N3O4. The third-order valence-corrected chi connectivity index (χ3v) is 4.09. The third-order valence-electron chi connectivity index (χ3n) is 4.09. The molecule has 3 aromatic rings. The number of nitrogens with zero attached hydrogens (tertiary/aromatic N) is 2. The molecule has 0 aliphatic heterocycles. The van der Waals surface area contributed by atoms with Crippen molar-refractivity contribution >= 4 is 28.8 Å². The van der Waals surface area contributed by atoms with Crippen molar-refractivity contribution in [3.05, 3.63) is 75.5 Å². The van der Waals surface area contributed by atoms with Gasteiger partial charge in [-0.3, -0.25) is 14.9 Å². The van der Waals surface area contributed by atoms with E-state index in [0.717, 1.165) is 5.56 Å². The number of nitro groups is 1. The van der Waals surface area contributed by atoms with E-state index < -0.39 is 10.8 Å². The first-order valence-electron chi connectivity index (χ1n) is 8.36. The number of benzene rings is 2. The monoisotopic (exact) mass is 365 g/mol. The molecule has 1 heterocycles. The van der Waals surface area contributed by atoms with Crippen LogP contribution in [0.5, 0.6) is 0 Å². The summed E-state index contributed by atoms with van der Waals surface area (Å²) in [5, 5.41) is 15.2. The van der Waals surface area contributed by atoms with Crippen molar-refractivity contribution in [1.29, 1.82) is 0 Å². The van der Waals surface area contributed by atoms with Gasteiger partial charge < -0.3 is 4.42 Å². The Hall–Kier alpha value is -3.48. The maximum Gasteiger partial charge on any atom is 0.307 e. The lowest BCUT2D eigenvalue weighted by Crippen LogP contribution is -2.16. The molecule has 0 saturated heterocycles. The Labute approximate surface area is 155 Å². The molecule has 3 rings (SSSR count). The molecule has 1 N–H and O–H groups in total. The topological polar surface area (TPSA) is 97.7 Å². The number of non-ortho nitro benzene ring substituents is 1. The molecule has 0 saturated carbocycles. The van der Waals surface area contributed by atoms with E-state index in [0.29, 0.717) is 11.0 Å². The highest BCUT2D eigenvalue weighted by atomic mass is 16.6. The van der Waals surface area contributed by atoms with Gasteiger partial charge in [-0.25, -0.2) is 5.43 Å². The molecule has 1 amide bonds. The zero-order valence-corrected chi connectivity index (χ0v) is 15.2. The zero-order valence-electron chi connectivity index (χ0n) is 15.2. The van der Waals surface area contributed by atoms with Gasteiger partial charge in [0.25, 0.3) is 5.69 Å². The number of furan rings is 1. The number of hydrogen-bond donors (Lipinski definition) is 1. The van der Waals surface area contributed by atoms with Gasteiger partial charge in [0.2, 0.25) is 0 Å². The maximum atomic E-state index is 12.2. The molecular weight excluding hydrogens is 346 g/mol. The minimum atomic E-state index is -0.531. The smallest absolute Gasteiger partial charge is 0.307 e. The average Bonchev–Trinajstić information content (AvgIpc) is 3.04. The Morgan fingerprint density at radius 3 is 2.48 bits per heavy atom. The lowest BCUT2D eigenvalue weighted by atomic mass is 9.87. The fourth-order valence-electron chi connectivity index (χ4n) is 2.55. The fraction of sp³-hybridized carbons (Fsp3) is 0.200. The lowest BCUT2D eigenvalue weighted by Gasteiger charge is -2.18. The first-order chi connectivity index (χ1) is 12.7. The molecule has 138 valence electrons. The van der Waals surface area contributed by atoms with E-state index in [9.17, 15) is 14.9 Å². The summed E-state index contributed by atoms with van der Waals surface area (Å²) in [6.45, 7) is 6.41. The molecule has 0 radical (unpaired) electrons. The van der Waals surface area contributed by atoms with Gasteiger partial charge in [0.1, 0.15) is 5.58 Å². The van der Waals surface area contributed by atoms with Gasteiger partial charge in [-0.1, -0.05) is 45.0 Å². The summed E-state index contributed by atoms with van der Waals surface area (Å²) in [6.07, 6.45) is 1.54. The number of fused-ring (bicyclic) bond motifs is 1. The molecule has 7 nitrogen and oxygen atoms in total. The summed E-state index contributed by atoms with van der Waals surface area (Å²) in [7, 11) is 0. The molecule has 0 unspecified atom stereocenters. The van der Waals surface area contributed by atoms with Crippen LogP contribution in [-0.4, -0.2) is 17.0 Å². The number of rotatable bonds is 4. The highest BCUT2D eigenvalue weighted by Gasteiger charge is 2.15. The van der Waals surface area contributed by atoms with Crippen LogP contribution in [0, 0.1) is 10.1 Å². The number of hydrogen-bond acceptors (Lipinski definition) is 5. The Balaban J connectivity index is 1.69. The highest BCUT2D eigenvalue weighted by molar-refractivity contribution is 5.97. The second-order valence-electron chi connectivity index (χ2n) is 7.16. The van der Waals surface area contributed by atoms with Crippen molar-refractivity contribution in [3.63, 3.8) is 0 Å². The number of carbonyl (C=O) groups excluding carboxylic acids is 1. The quantitative estimate of drug-likeness (QED) is 0.421. The van der Waals surface area contributed by atoms with E-state index in [1.807, 2.05) is 24.3 Å². The summed E-state index contributed by atoms with van der Waals surface area (Å²) in [4.78, 5) is 22.5.